The second-order valence-electron chi connectivity index (χ2n) is 7.70. The fourth-order valence-electron chi connectivity index (χ4n) is 3.59. The van der Waals surface area contributed by atoms with Crippen LogP contribution in [0.2, 0.25) is 0 Å². The van der Waals surface area contributed by atoms with Gasteiger partial charge >= 0.3 is 0 Å². The number of hydrogen-bond acceptors (Lipinski definition) is 6. The lowest BCUT2D eigenvalue weighted by Crippen LogP contribution is -2.32. The normalized spacial score (nSPS) is 16.3. The molecule has 2 aromatic carbocycles. The highest BCUT2D eigenvalue weighted by Gasteiger charge is 2.21. The van der Waals surface area contributed by atoms with Crippen LogP contribution in [-0.2, 0) is 21.3 Å². The largest absolute Gasteiger partial charge is 0.377 e. The Hall–Kier alpha value is -3.08. The molecule has 1 aliphatic heterocycles. The number of amides is 1. The van der Waals surface area contributed by atoms with Gasteiger partial charge in [-0.1, -0.05) is 12.1 Å². The van der Waals surface area contributed by atoms with Crippen molar-refractivity contribution in [3.05, 3.63) is 70.3 Å². The van der Waals surface area contributed by atoms with Crippen molar-refractivity contribution in [1.82, 2.24) is 19.6 Å². The minimum absolute atomic E-state index is 0.0789. The summed E-state index contributed by atoms with van der Waals surface area (Å²) in [5, 5.41) is 0.482. The Kier molecular flexibility index (Phi) is 6.35. The third-order valence-electron chi connectivity index (χ3n) is 5.33. The van der Waals surface area contributed by atoms with Gasteiger partial charge in [0.25, 0.3) is 11.5 Å². The van der Waals surface area contributed by atoms with Gasteiger partial charge in [-0.15, -0.1) is 0 Å². The quantitative estimate of drug-likeness (QED) is 0.558. The van der Waals surface area contributed by atoms with Gasteiger partial charge in [0.1, 0.15) is 5.82 Å². The summed E-state index contributed by atoms with van der Waals surface area (Å²) in [6.07, 6.45) is 1.66. The topological polar surface area (TPSA) is 121 Å². The molecule has 3 aromatic rings. The van der Waals surface area contributed by atoms with E-state index in [1.165, 1.54) is 29.2 Å². The van der Waals surface area contributed by atoms with Gasteiger partial charge in [-0.25, -0.2) is 18.1 Å². The van der Waals surface area contributed by atoms with E-state index in [-0.39, 0.29) is 35.6 Å². The van der Waals surface area contributed by atoms with Crippen LogP contribution >= 0.6 is 0 Å². The molecule has 168 valence electrons. The zero-order valence-electron chi connectivity index (χ0n) is 17.6. The third kappa shape index (κ3) is 4.87. The number of ether oxygens (including phenoxy) is 1. The maximum atomic E-state index is 12.8. The molecule has 0 unspecified atom stereocenters. The SMILES string of the molecule is CN(Cc1nc2ccccc2c(=O)[nH]1)C(=O)c1ccc(S(=O)(=O)NC[C@H]2CCCO2)cc1. The van der Waals surface area contributed by atoms with Crippen molar-refractivity contribution in [3.8, 4) is 0 Å². The highest BCUT2D eigenvalue weighted by atomic mass is 32.2. The summed E-state index contributed by atoms with van der Waals surface area (Å²) in [5.74, 6) is 0.0409. The van der Waals surface area contributed by atoms with Crippen molar-refractivity contribution < 1.29 is 17.9 Å². The standard InChI is InChI=1S/C22H24N4O5S/c1-26(14-20-24-19-7-3-2-6-18(19)21(27)25-20)22(28)15-8-10-17(11-9-15)32(29,30)23-13-16-5-4-12-31-16/h2-3,6-11,16,23H,4-5,12-14H2,1H3,(H,24,25,27)/t16-/m1/s1. The van der Waals surface area contributed by atoms with Gasteiger partial charge in [0.2, 0.25) is 10.0 Å². The van der Waals surface area contributed by atoms with Crippen molar-refractivity contribution in [2.75, 3.05) is 20.2 Å². The van der Waals surface area contributed by atoms with Crippen LogP contribution in [0, 0.1) is 0 Å². The van der Waals surface area contributed by atoms with Gasteiger partial charge in [-0.2, -0.15) is 0 Å². The Bertz CT molecular complexity index is 1280. The summed E-state index contributed by atoms with van der Waals surface area (Å²) in [5.41, 5.74) is 0.613. The van der Waals surface area contributed by atoms with E-state index in [1.54, 1.807) is 31.3 Å². The number of para-hydroxylation sites is 1. The molecule has 0 saturated carbocycles. The smallest absolute Gasteiger partial charge is 0.258 e. The molecular weight excluding hydrogens is 432 g/mol. The van der Waals surface area contributed by atoms with Gasteiger partial charge in [0, 0.05) is 25.8 Å². The second kappa shape index (κ2) is 9.19. The van der Waals surface area contributed by atoms with Crippen molar-refractivity contribution in [2.45, 2.75) is 30.4 Å². The van der Waals surface area contributed by atoms with E-state index in [9.17, 15) is 18.0 Å². The van der Waals surface area contributed by atoms with Gasteiger partial charge in [-0.05, 0) is 49.2 Å². The predicted octanol–water partition coefficient (Wildman–Crippen LogP) is 1.65. The molecule has 1 aliphatic rings. The van der Waals surface area contributed by atoms with E-state index in [0.717, 1.165) is 12.8 Å². The lowest BCUT2D eigenvalue weighted by molar-refractivity contribution is 0.0781. The number of fused-ring (bicyclic) bond motifs is 1. The lowest BCUT2D eigenvalue weighted by Gasteiger charge is -2.17. The van der Waals surface area contributed by atoms with Crippen molar-refractivity contribution >= 4 is 26.8 Å². The van der Waals surface area contributed by atoms with E-state index in [2.05, 4.69) is 14.7 Å². The van der Waals surface area contributed by atoms with Crippen LogP contribution < -0.4 is 10.3 Å². The summed E-state index contributed by atoms with van der Waals surface area (Å²) in [6, 6.07) is 12.7. The number of rotatable bonds is 7. The minimum atomic E-state index is -3.69. The van der Waals surface area contributed by atoms with Crippen molar-refractivity contribution in [1.29, 1.82) is 0 Å². The van der Waals surface area contributed by atoms with E-state index in [4.69, 9.17) is 4.74 Å². The summed E-state index contributed by atoms with van der Waals surface area (Å²) >= 11 is 0. The van der Waals surface area contributed by atoms with Gasteiger partial charge < -0.3 is 14.6 Å². The molecular formula is C22H24N4O5S. The number of H-pyrrole nitrogens is 1. The number of sulfonamides is 1. The lowest BCUT2D eigenvalue weighted by atomic mass is 10.2. The number of nitrogens with one attached hydrogen (secondary N) is 2. The molecule has 0 radical (unpaired) electrons. The Balaban J connectivity index is 1.43. The average molecular weight is 457 g/mol. The van der Waals surface area contributed by atoms with Crippen LogP contribution in [0.3, 0.4) is 0 Å². The maximum Gasteiger partial charge on any atom is 0.258 e. The van der Waals surface area contributed by atoms with Crippen molar-refractivity contribution in [3.63, 3.8) is 0 Å². The Labute approximate surface area is 185 Å². The molecule has 2 heterocycles. The van der Waals surface area contributed by atoms with E-state index in [1.807, 2.05) is 0 Å². The molecule has 0 bridgehead atoms. The van der Waals surface area contributed by atoms with Crippen LogP contribution in [0.15, 0.2) is 58.2 Å². The molecule has 1 aromatic heterocycles. The first kappa shape index (κ1) is 22.1. The molecule has 9 nitrogen and oxygen atoms in total. The van der Waals surface area contributed by atoms with Crippen molar-refractivity contribution in [2.24, 2.45) is 0 Å². The molecule has 1 fully saturated rings. The van der Waals surface area contributed by atoms with E-state index in [0.29, 0.717) is 28.9 Å². The third-order valence-corrected chi connectivity index (χ3v) is 6.77. The predicted molar refractivity (Wildman–Crippen MR) is 119 cm³/mol. The molecule has 1 saturated heterocycles. The van der Waals surface area contributed by atoms with E-state index >= 15 is 0 Å². The number of aromatic amines is 1. The number of carbonyl (C=O) groups excluding carboxylic acids is 1. The molecule has 1 atom stereocenters. The Morgan fingerprint density at radius 1 is 1.22 bits per heavy atom. The van der Waals surface area contributed by atoms with Gasteiger partial charge in [-0.3, -0.25) is 9.59 Å². The average Bonchev–Trinajstić information content (AvgIpc) is 3.31. The zero-order valence-corrected chi connectivity index (χ0v) is 18.4. The highest BCUT2D eigenvalue weighted by Crippen LogP contribution is 2.15. The van der Waals surface area contributed by atoms with Crippen LogP contribution in [0.5, 0.6) is 0 Å². The van der Waals surface area contributed by atoms with E-state index < -0.39 is 10.0 Å². The number of benzene rings is 2. The fraction of sp³-hybridized carbons (Fsp3) is 0.318. The zero-order chi connectivity index (χ0) is 22.7. The number of aromatic nitrogens is 2. The van der Waals surface area contributed by atoms with Gasteiger partial charge in [0.05, 0.1) is 28.4 Å². The molecule has 10 heteroatoms. The highest BCUT2D eigenvalue weighted by molar-refractivity contribution is 7.89. The monoisotopic (exact) mass is 456 g/mol. The van der Waals surface area contributed by atoms with Crippen LogP contribution in [0.1, 0.15) is 29.0 Å². The molecule has 2 N–H and O–H groups in total. The fourth-order valence-corrected chi connectivity index (χ4v) is 4.66. The molecule has 4 rings (SSSR count). The summed E-state index contributed by atoms with van der Waals surface area (Å²) in [6.45, 7) is 0.976. The second-order valence-corrected chi connectivity index (χ2v) is 9.47. The van der Waals surface area contributed by atoms with Crippen LogP contribution in [-0.4, -0.2) is 55.5 Å². The first-order valence-corrected chi connectivity index (χ1v) is 11.8. The molecule has 0 aliphatic carbocycles. The maximum absolute atomic E-state index is 12.8. The number of nitrogens with zero attached hydrogens (tertiary/aromatic N) is 2. The van der Waals surface area contributed by atoms with Crippen LogP contribution in [0.4, 0.5) is 0 Å². The first-order valence-electron chi connectivity index (χ1n) is 10.3. The Morgan fingerprint density at radius 3 is 2.69 bits per heavy atom. The Morgan fingerprint density at radius 2 is 1.97 bits per heavy atom. The molecule has 0 spiro atoms. The summed E-state index contributed by atoms with van der Waals surface area (Å²) in [7, 11) is -2.10. The summed E-state index contributed by atoms with van der Waals surface area (Å²) in [4.78, 5) is 33.6. The van der Waals surface area contributed by atoms with Gasteiger partial charge in [0.15, 0.2) is 0 Å². The molecule has 1 amide bonds. The number of carbonyl (C=O) groups is 1. The minimum Gasteiger partial charge on any atom is -0.377 e. The summed E-state index contributed by atoms with van der Waals surface area (Å²) < 4.78 is 32.9. The molecule has 32 heavy (non-hydrogen) atoms. The van der Waals surface area contributed by atoms with Crippen LogP contribution in [0.25, 0.3) is 10.9 Å². The number of hydrogen-bond donors (Lipinski definition) is 2. The first-order chi connectivity index (χ1) is 15.3.